The van der Waals surface area contributed by atoms with Crippen LogP contribution >= 0.6 is 11.8 Å². The zero-order chi connectivity index (χ0) is 18.4. The van der Waals surface area contributed by atoms with E-state index in [0.717, 1.165) is 5.56 Å². The van der Waals surface area contributed by atoms with Crippen molar-refractivity contribution < 1.29 is 19.5 Å². The molecule has 8 heteroatoms. The molecule has 0 saturated carbocycles. The zero-order valence-electron chi connectivity index (χ0n) is 14.2. The van der Waals surface area contributed by atoms with E-state index in [4.69, 9.17) is 0 Å². The fraction of sp³-hybridized carbons (Fsp3) is 0.471. The van der Waals surface area contributed by atoms with Gasteiger partial charge in [0.2, 0.25) is 11.8 Å². The molecule has 2 aliphatic rings. The number of aliphatic carboxylic acids is 1. The van der Waals surface area contributed by atoms with Crippen molar-refractivity contribution in [3.05, 3.63) is 35.9 Å². The van der Waals surface area contributed by atoms with Gasteiger partial charge in [-0.25, -0.2) is 4.79 Å². The number of amides is 2. The second-order valence-corrected chi connectivity index (χ2v) is 8.49. The van der Waals surface area contributed by atoms with Gasteiger partial charge in [0.05, 0.1) is 0 Å². The van der Waals surface area contributed by atoms with E-state index in [9.17, 15) is 19.5 Å². The predicted octanol–water partition coefficient (Wildman–Crippen LogP) is 0.579. The normalized spacial score (nSPS) is 28.0. The lowest BCUT2D eigenvalue weighted by Gasteiger charge is -2.44. The number of β-lactam (4-membered cyclic amide) rings is 1. The number of carbonyl (C=O) groups is 3. The van der Waals surface area contributed by atoms with Crippen LogP contribution in [-0.2, 0) is 14.4 Å². The fourth-order valence-corrected chi connectivity index (χ4v) is 5.10. The topological polar surface area (TPSA) is 98.7 Å². The van der Waals surface area contributed by atoms with E-state index in [1.54, 1.807) is 20.9 Å². The molecular weight excluding hydrogens is 342 g/mol. The van der Waals surface area contributed by atoms with Crippen LogP contribution in [-0.4, -0.2) is 57.0 Å². The Morgan fingerprint density at radius 2 is 1.92 bits per heavy atom. The van der Waals surface area contributed by atoms with Gasteiger partial charge in [-0.3, -0.25) is 9.59 Å². The Morgan fingerprint density at radius 3 is 2.48 bits per heavy atom. The second kappa shape index (κ2) is 6.34. The molecule has 2 heterocycles. The summed E-state index contributed by atoms with van der Waals surface area (Å²) < 4.78 is -0.604. The molecule has 3 rings (SSSR count). The fourth-order valence-electron chi connectivity index (χ4n) is 3.48. The van der Waals surface area contributed by atoms with Crippen molar-refractivity contribution in [1.29, 1.82) is 0 Å². The third-order valence-electron chi connectivity index (χ3n) is 4.66. The van der Waals surface area contributed by atoms with Gasteiger partial charge in [0.25, 0.3) is 0 Å². The molecule has 2 aliphatic heterocycles. The zero-order valence-corrected chi connectivity index (χ0v) is 15.0. The molecule has 0 radical (unpaired) electrons. The van der Waals surface area contributed by atoms with Gasteiger partial charge >= 0.3 is 5.97 Å². The highest BCUT2D eigenvalue weighted by Gasteiger charge is 2.64. The summed E-state index contributed by atoms with van der Waals surface area (Å²) in [5, 5.41) is 14.8. The van der Waals surface area contributed by atoms with E-state index < -0.39 is 28.8 Å². The number of fused-ring (bicyclic) bond motifs is 1. The Balaban J connectivity index is 1.74. The molecule has 2 amide bonds. The standard InChI is InChI=1S/C17H21N3O4S/c1-17(2)12(16(23)24)20-14(22)11(15(20)25-17)19-13(21)10(18-3)9-7-5-4-6-8-9/h4-8,10-12,15,18H,1-3H3,(H,19,21)(H,23,24). The Morgan fingerprint density at radius 1 is 1.28 bits per heavy atom. The van der Waals surface area contributed by atoms with E-state index in [1.807, 2.05) is 30.3 Å². The van der Waals surface area contributed by atoms with E-state index in [1.165, 1.54) is 16.7 Å². The maximum Gasteiger partial charge on any atom is 0.327 e. The first-order chi connectivity index (χ1) is 11.8. The molecule has 3 N–H and O–H groups in total. The van der Waals surface area contributed by atoms with Crippen LogP contribution in [0.25, 0.3) is 0 Å². The average molecular weight is 363 g/mol. The van der Waals surface area contributed by atoms with Crippen LogP contribution in [0.4, 0.5) is 0 Å². The summed E-state index contributed by atoms with van der Waals surface area (Å²) in [6.45, 7) is 3.61. The van der Waals surface area contributed by atoms with Crippen molar-refractivity contribution >= 4 is 29.5 Å². The van der Waals surface area contributed by atoms with E-state index in [-0.39, 0.29) is 17.2 Å². The highest BCUT2D eigenvalue weighted by molar-refractivity contribution is 8.01. The van der Waals surface area contributed by atoms with Gasteiger partial charge in [-0.05, 0) is 26.5 Å². The van der Waals surface area contributed by atoms with Crippen molar-refractivity contribution in [3.63, 3.8) is 0 Å². The summed E-state index contributed by atoms with van der Waals surface area (Å²) in [6.07, 6.45) is 0. The minimum Gasteiger partial charge on any atom is -0.480 e. The molecule has 4 atom stereocenters. The van der Waals surface area contributed by atoms with Gasteiger partial charge in [0, 0.05) is 4.75 Å². The summed E-state index contributed by atoms with van der Waals surface area (Å²) in [4.78, 5) is 37.9. The van der Waals surface area contributed by atoms with E-state index >= 15 is 0 Å². The Kier molecular flexibility index (Phi) is 4.51. The van der Waals surface area contributed by atoms with Crippen LogP contribution < -0.4 is 10.6 Å². The van der Waals surface area contributed by atoms with Gasteiger partial charge in [0.15, 0.2) is 0 Å². The van der Waals surface area contributed by atoms with Crippen LogP contribution in [0, 0.1) is 0 Å². The maximum absolute atomic E-state index is 12.6. The first-order valence-electron chi connectivity index (χ1n) is 8.03. The lowest BCUT2D eigenvalue weighted by molar-refractivity contribution is -0.161. The lowest BCUT2D eigenvalue weighted by atomic mass is 9.95. The number of carbonyl (C=O) groups excluding carboxylic acids is 2. The van der Waals surface area contributed by atoms with Crippen LogP contribution in [0.5, 0.6) is 0 Å². The molecule has 4 unspecified atom stereocenters. The van der Waals surface area contributed by atoms with Gasteiger partial charge in [-0.15, -0.1) is 11.8 Å². The van der Waals surface area contributed by atoms with Crippen molar-refractivity contribution in [3.8, 4) is 0 Å². The molecule has 134 valence electrons. The minimum absolute atomic E-state index is 0.302. The average Bonchev–Trinajstić information content (AvgIpc) is 2.82. The largest absolute Gasteiger partial charge is 0.480 e. The van der Waals surface area contributed by atoms with Crippen LogP contribution in [0.3, 0.4) is 0 Å². The highest BCUT2D eigenvalue weighted by Crippen LogP contribution is 2.50. The molecular formula is C17H21N3O4S. The molecule has 2 fully saturated rings. The Bertz CT molecular complexity index is 709. The van der Waals surface area contributed by atoms with Gasteiger partial charge < -0.3 is 20.6 Å². The highest BCUT2D eigenvalue weighted by atomic mass is 32.2. The maximum atomic E-state index is 12.6. The third kappa shape index (κ3) is 2.89. The second-order valence-electron chi connectivity index (χ2n) is 6.72. The molecule has 0 spiro atoms. The molecule has 2 saturated heterocycles. The summed E-state index contributed by atoms with van der Waals surface area (Å²) in [6, 6.07) is 7.08. The number of thioether (sulfide) groups is 1. The van der Waals surface area contributed by atoms with E-state index in [2.05, 4.69) is 10.6 Å². The van der Waals surface area contributed by atoms with Gasteiger partial charge in [-0.1, -0.05) is 30.3 Å². The number of nitrogens with one attached hydrogen (secondary N) is 2. The summed E-state index contributed by atoms with van der Waals surface area (Å²) in [5.74, 6) is -1.66. The molecule has 0 bridgehead atoms. The molecule has 0 aromatic heterocycles. The first kappa shape index (κ1) is 17.8. The molecule has 7 nitrogen and oxygen atoms in total. The summed E-state index contributed by atoms with van der Waals surface area (Å²) in [5.41, 5.74) is 0.800. The SMILES string of the molecule is CNC(C(=O)NC1C(=O)N2C1SC(C)(C)C2C(=O)O)c1ccccc1. The van der Waals surface area contributed by atoms with Crippen molar-refractivity contribution in [2.45, 2.75) is 42.1 Å². The number of rotatable bonds is 5. The summed E-state index contributed by atoms with van der Waals surface area (Å²) in [7, 11) is 1.68. The smallest absolute Gasteiger partial charge is 0.327 e. The number of hydrogen-bond donors (Lipinski definition) is 3. The third-order valence-corrected chi connectivity index (χ3v) is 6.23. The molecule has 1 aromatic carbocycles. The quantitative estimate of drug-likeness (QED) is 0.662. The Hall–Kier alpha value is -2.06. The number of likely N-dealkylation sites (N-methyl/N-ethyl adjacent to an activating group) is 1. The van der Waals surface area contributed by atoms with E-state index in [0.29, 0.717) is 0 Å². The minimum atomic E-state index is -1.02. The number of carboxylic acids is 1. The van der Waals surface area contributed by atoms with Gasteiger partial charge in [0.1, 0.15) is 23.5 Å². The lowest BCUT2D eigenvalue weighted by Crippen LogP contribution is -2.71. The number of nitrogens with zero attached hydrogens (tertiary/aromatic N) is 1. The predicted molar refractivity (Wildman–Crippen MR) is 93.9 cm³/mol. The monoisotopic (exact) mass is 363 g/mol. The van der Waals surface area contributed by atoms with Crippen molar-refractivity contribution in [1.82, 2.24) is 15.5 Å². The Labute approximate surface area is 150 Å². The first-order valence-corrected chi connectivity index (χ1v) is 8.91. The van der Waals surface area contributed by atoms with Crippen LogP contribution in [0.1, 0.15) is 25.5 Å². The molecule has 1 aromatic rings. The number of carboxylic acid groups (broad SMARTS) is 1. The van der Waals surface area contributed by atoms with Crippen LogP contribution in [0.2, 0.25) is 0 Å². The van der Waals surface area contributed by atoms with Crippen molar-refractivity contribution in [2.24, 2.45) is 0 Å². The number of hydrogen-bond acceptors (Lipinski definition) is 5. The van der Waals surface area contributed by atoms with Crippen LogP contribution in [0.15, 0.2) is 30.3 Å². The molecule has 25 heavy (non-hydrogen) atoms. The summed E-state index contributed by atoms with van der Waals surface area (Å²) >= 11 is 1.41. The number of benzene rings is 1. The molecule has 0 aliphatic carbocycles. The van der Waals surface area contributed by atoms with Crippen molar-refractivity contribution in [2.75, 3.05) is 7.05 Å². The van der Waals surface area contributed by atoms with Gasteiger partial charge in [-0.2, -0.15) is 0 Å².